The normalized spacial score (nSPS) is 32.6. The third-order valence-electron chi connectivity index (χ3n) is 8.47. The first-order chi connectivity index (χ1) is 14.1. The number of amides is 1. The highest BCUT2D eigenvalue weighted by atomic mass is 16.5. The summed E-state index contributed by atoms with van der Waals surface area (Å²) in [5.74, 6) is 1.89. The fourth-order valence-corrected chi connectivity index (χ4v) is 7.38. The molecule has 0 heterocycles. The molecule has 1 amide bonds. The molecule has 4 heteroatoms. The predicted octanol–water partition coefficient (Wildman–Crippen LogP) is 5.34. The van der Waals surface area contributed by atoms with Gasteiger partial charge in [0.2, 0.25) is 5.91 Å². The highest BCUT2D eigenvalue weighted by molar-refractivity contribution is 5.89. The lowest BCUT2D eigenvalue weighted by Gasteiger charge is -2.54. The summed E-state index contributed by atoms with van der Waals surface area (Å²) < 4.78 is 4.91. The Hall–Kier alpha value is -1.84. The lowest BCUT2D eigenvalue weighted by molar-refractivity contribution is -0.142. The highest BCUT2D eigenvalue weighted by Crippen LogP contribution is 2.62. The van der Waals surface area contributed by atoms with Gasteiger partial charge in [-0.1, -0.05) is 13.0 Å². The SMILES string of the molecule is COC(=O)c1ccc2c(c1)CC[C@@H]1[C@@H]2CC[C@]2(C)[C@@H](N(C(C)=O)C(C)(C)C)CC[C@@H]12. The molecule has 30 heavy (non-hydrogen) atoms. The first kappa shape index (κ1) is 21.4. The van der Waals surface area contributed by atoms with Crippen molar-refractivity contribution in [3.05, 3.63) is 34.9 Å². The number of aryl methyl sites for hydroxylation is 1. The third kappa shape index (κ3) is 3.27. The van der Waals surface area contributed by atoms with Gasteiger partial charge < -0.3 is 9.64 Å². The first-order valence-corrected chi connectivity index (χ1v) is 11.6. The number of ether oxygens (including phenoxy) is 1. The van der Waals surface area contributed by atoms with Crippen LogP contribution in [0, 0.1) is 17.3 Å². The Balaban J connectivity index is 1.63. The van der Waals surface area contributed by atoms with E-state index in [0.717, 1.165) is 12.8 Å². The predicted molar refractivity (Wildman–Crippen MR) is 118 cm³/mol. The van der Waals surface area contributed by atoms with Crippen LogP contribution in [-0.2, 0) is 16.0 Å². The summed E-state index contributed by atoms with van der Waals surface area (Å²) in [6.07, 6.45) is 6.91. The van der Waals surface area contributed by atoms with Crippen LogP contribution in [-0.4, -0.2) is 35.5 Å². The van der Waals surface area contributed by atoms with Crippen LogP contribution in [0.5, 0.6) is 0 Å². The standard InChI is InChI=1S/C26H37NO3/c1-16(28)27(25(2,3)4)23-12-11-22-21-10-7-17-15-18(24(29)30-6)8-9-19(17)20(21)13-14-26(22,23)5/h8-9,15,20-23H,7,10-14H2,1-6H3/t20-,21-,22+,23+,26+/m1/s1. The molecular formula is C26H37NO3. The first-order valence-electron chi connectivity index (χ1n) is 11.6. The number of hydrogen-bond donors (Lipinski definition) is 0. The van der Waals surface area contributed by atoms with Gasteiger partial charge in [-0.25, -0.2) is 4.79 Å². The molecule has 1 aromatic rings. The fraction of sp³-hybridized carbons (Fsp3) is 0.692. The molecule has 0 unspecified atom stereocenters. The Labute approximate surface area is 181 Å². The van der Waals surface area contributed by atoms with Crippen LogP contribution < -0.4 is 0 Å². The summed E-state index contributed by atoms with van der Waals surface area (Å²) in [4.78, 5) is 26.8. The van der Waals surface area contributed by atoms with Crippen molar-refractivity contribution >= 4 is 11.9 Å². The van der Waals surface area contributed by atoms with Crippen LogP contribution in [0.4, 0.5) is 0 Å². The maximum absolute atomic E-state index is 12.6. The van der Waals surface area contributed by atoms with E-state index in [2.05, 4.69) is 44.7 Å². The average Bonchev–Trinajstić information content (AvgIpc) is 3.02. The van der Waals surface area contributed by atoms with E-state index in [4.69, 9.17) is 4.74 Å². The molecule has 3 aliphatic rings. The molecule has 4 rings (SSSR count). The minimum Gasteiger partial charge on any atom is -0.465 e. The zero-order valence-corrected chi connectivity index (χ0v) is 19.5. The molecule has 1 aromatic carbocycles. The van der Waals surface area contributed by atoms with Crippen molar-refractivity contribution in [3.8, 4) is 0 Å². The van der Waals surface area contributed by atoms with Gasteiger partial charge in [-0.15, -0.1) is 0 Å². The van der Waals surface area contributed by atoms with Crippen LogP contribution in [0.2, 0.25) is 0 Å². The molecule has 3 aliphatic carbocycles. The molecule has 0 aromatic heterocycles. The van der Waals surface area contributed by atoms with Crippen molar-refractivity contribution in [1.29, 1.82) is 0 Å². The van der Waals surface area contributed by atoms with Crippen molar-refractivity contribution in [2.24, 2.45) is 17.3 Å². The number of methoxy groups -OCH3 is 1. The van der Waals surface area contributed by atoms with E-state index in [-0.39, 0.29) is 22.8 Å². The van der Waals surface area contributed by atoms with Gasteiger partial charge in [-0.05, 0) is 106 Å². The molecule has 0 spiro atoms. The summed E-state index contributed by atoms with van der Waals surface area (Å²) in [5, 5.41) is 0. The van der Waals surface area contributed by atoms with Crippen LogP contribution in [0.15, 0.2) is 18.2 Å². The number of carbonyl (C=O) groups excluding carboxylic acids is 2. The molecule has 5 atom stereocenters. The van der Waals surface area contributed by atoms with Crippen molar-refractivity contribution < 1.29 is 14.3 Å². The largest absolute Gasteiger partial charge is 0.465 e. The monoisotopic (exact) mass is 411 g/mol. The summed E-state index contributed by atoms with van der Waals surface area (Å²) in [6, 6.07) is 6.52. The fourth-order valence-electron chi connectivity index (χ4n) is 7.38. The maximum atomic E-state index is 12.6. The number of rotatable bonds is 2. The van der Waals surface area contributed by atoms with E-state index in [1.807, 2.05) is 6.07 Å². The molecular weight excluding hydrogens is 374 g/mol. The number of hydrogen-bond acceptors (Lipinski definition) is 3. The van der Waals surface area contributed by atoms with E-state index >= 15 is 0 Å². The summed E-state index contributed by atoms with van der Waals surface area (Å²) in [5.41, 5.74) is 3.50. The van der Waals surface area contributed by atoms with Gasteiger partial charge in [0.05, 0.1) is 12.7 Å². The minimum atomic E-state index is -0.249. The van der Waals surface area contributed by atoms with Crippen molar-refractivity contribution in [1.82, 2.24) is 4.90 Å². The van der Waals surface area contributed by atoms with Gasteiger partial charge in [0.25, 0.3) is 0 Å². The smallest absolute Gasteiger partial charge is 0.337 e. The molecule has 0 N–H and O–H groups in total. The highest BCUT2D eigenvalue weighted by Gasteiger charge is 2.57. The quantitative estimate of drug-likeness (QED) is 0.617. The molecule has 0 aliphatic heterocycles. The second-order valence-corrected chi connectivity index (χ2v) is 11.0. The Morgan fingerprint density at radius 2 is 1.87 bits per heavy atom. The van der Waals surface area contributed by atoms with Gasteiger partial charge in [0.15, 0.2) is 0 Å². The molecule has 4 nitrogen and oxygen atoms in total. The Kier molecular flexibility index (Phi) is 5.27. The molecule has 0 radical (unpaired) electrons. The van der Waals surface area contributed by atoms with Gasteiger partial charge >= 0.3 is 5.97 Å². The zero-order chi connectivity index (χ0) is 21.8. The second kappa shape index (κ2) is 7.39. The van der Waals surface area contributed by atoms with Gasteiger partial charge in [-0.3, -0.25) is 4.79 Å². The summed E-state index contributed by atoms with van der Waals surface area (Å²) >= 11 is 0. The van der Waals surface area contributed by atoms with Crippen molar-refractivity contribution in [3.63, 3.8) is 0 Å². The van der Waals surface area contributed by atoms with E-state index in [1.54, 1.807) is 6.92 Å². The lowest BCUT2D eigenvalue weighted by Crippen LogP contribution is -2.57. The lowest BCUT2D eigenvalue weighted by atomic mass is 9.55. The van der Waals surface area contributed by atoms with Gasteiger partial charge in [0.1, 0.15) is 0 Å². The number of esters is 1. The number of carbonyl (C=O) groups is 2. The molecule has 2 saturated carbocycles. The van der Waals surface area contributed by atoms with E-state index in [9.17, 15) is 9.59 Å². The average molecular weight is 412 g/mol. The van der Waals surface area contributed by atoms with Gasteiger partial charge in [0, 0.05) is 18.5 Å². The van der Waals surface area contributed by atoms with E-state index < -0.39 is 0 Å². The zero-order valence-electron chi connectivity index (χ0n) is 19.5. The minimum absolute atomic E-state index is 0.144. The Morgan fingerprint density at radius 3 is 2.50 bits per heavy atom. The van der Waals surface area contributed by atoms with E-state index in [0.29, 0.717) is 29.4 Å². The topological polar surface area (TPSA) is 46.6 Å². The molecule has 0 saturated heterocycles. The Morgan fingerprint density at radius 1 is 1.13 bits per heavy atom. The number of benzene rings is 1. The van der Waals surface area contributed by atoms with E-state index in [1.165, 1.54) is 43.9 Å². The van der Waals surface area contributed by atoms with Gasteiger partial charge in [-0.2, -0.15) is 0 Å². The number of nitrogens with zero attached hydrogens (tertiary/aromatic N) is 1. The Bertz CT molecular complexity index is 854. The van der Waals surface area contributed by atoms with Crippen molar-refractivity contribution in [2.45, 2.75) is 90.6 Å². The molecule has 2 fully saturated rings. The second-order valence-electron chi connectivity index (χ2n) is 11.0. The van der Waals surface area contributed by atoms with Crippen LogP contribution in [0.1, 0.15) is 94.1 Å². The summed E-state index contributed by atoms with van der Waals surface area (Å²) in [6.45, 7) is 10.7. The number of fused-ring (bicyclic) bond motifs is 5. The molecule has 0 bridgehead atoms. The molecule has 164 valence electrons. The van der Waals surface area contributed by atoms with Crippen molar-refractivity contribution in [2.75, 3.05) is 7.11 Å². The maximum Gasteiger partial charge on any atom is 0.337 e. The third-order valence-corrected chi connectivity index (χ3v) is 8.47. The van der Waals surface area contributed by atoms with Crippen LogP contribution in [0.3, 0.4) is 0 Å². The van der Waals surface area contributed by atoms with Crippen LogP contribution >= 0.6 is 0 Å². The summed E-state index contributed by atoms with van der Waals surface area (Å²) in [7, 11) is 1.44. The van der Waals surface area contributed by atoms with Crippen LogP contribution in [0.25, 0.3) is 0 Å².